The zero-order valence-electron chi connectivity index (χ0n) is 9.91. The summed E-state index contributed by atoms with van der Waals surface area (Å²) in [6.07, 6.45) is 4.79. The highest BCUT2D eigenvalue weighted by molar-refractivity contribution is 5.85. The van der Waals surface area contributed by atoms with Gasteiger partial charge in [-0.3, -0.25) is 0 Å². The summed E-state index contributed by atoms with van der Waals surface area (Å²) in [6, 6.07) is 8.10. The molecule has 1 heterocycles. The van der Waals surface area contributed by atoms with Gasteiger partial charge < -0.3 is 15.0 Å². The first-order valence-electron chi connectivity index (χ1n) is 5.92. The van der Waals surface area contributed by atoms with E-state index in [0.717, 1.165) is 42.8 Å². The fourth-order valence-electron chi connectivity index (χ4n) is 1.77. The summed E-state index contributed by atoms with van der Waals surface area (Å²) >= 11 is 0. The second kappa shape index (κ2) is 6.11. The Bertz CT molecular complexity index is 476. The third-order valence-corrected chi connectivity index (χ3v) is 2.60. The summed E-state index contributed by atoms with van der Waals surface area (Å²) in [5.74, 6) is 0.951. The number of rotatable bonds is 7. The van der Waals surface area contributed by atoms with Crippen LogP contribution in [-0.2, 0) is 0 Å². The largest absolute Gasteiger partial charge is 0.493 e. The summed E-state index contributed by atoms with van der Waals surface area (Å²) in [7, 11) is 0. The zero-order valence-corrected chi connectivity index (χ0v) is 9.91. The highest BCUT2D eigenvalue weighted by atomic mass is 16.5. The number of fused-ring (bicyclic) bond motifs is 1. The van der Waals surface area contributed by atoms with Crippen molar-refractivity contribution in [3.63, 3.8) is 0 Å². The predicted octanol–water partition coefficient (Wildman–Crippen LogP) is 2.71. The average Bonchev–Trinajstić information content (AvgIpc) is 2.82. The van der Waals surface area contributed by atoms with E-state index in [1.165, 1.54) is 0 Å². The quantitative estimate of drug-likeness (QED) is 0.567. The van der Waals surface area contributed by atoms with E-state index in [9.17, 15) is 0 Å². The first-order chi connectivity index (χ1) is 8.42. The SMILES string of the molecule is C=CCNCCCOc1cccc2[nH]ccc12. The molecule has 3 nitrogen and oxygen atoms in total. The molecular weight excluding hydrogens is 212 g/mol. The Morgan fingerprint density at radius 1 is 1.35 bits per heavy atom. The molecule has 0 aliphatic rings. The standard InChI is InChI=1S/C14H18N2O/c1-2-8-15-9-4-11-17-14-6-3-5-13-12(14)7-10-16-13/h2-3,5-7,10,15-16H,1,4,8-9,11H2. The van der Waals surface area contributed by atoms with E-state index in [2.05, 4.69) is 16.9 Å². The van der Waals surface area contributed by atoms with Crippen LogP contribution in [0.15, 0.2) is 43.1 Å². The molecule has 1 aromatic carbocycles. The molecule has 0 saturated heterocycles. The first-order valence-corrected chi connectivity index (χ1v) is 5.92. The molecule has 3 heteroatoms. The molecule has 0 atom stereocenters. The third kappa shape index (κ3) is 3.11. The lowest BCUT2D eigenvalue weighted by atomic mass is 10.2. The van der Waals surface area contributed by atoms with E-state index < -0.39 is 0 Å². The molecule has 17 heavy (non-hydrogen) atoms. The van der Waals surface area contributed by atoms with Gasteiger partial charge in [-0.25, -0.2) is 0 Å². The molecule has 0 amide bonds. The fourth-order valence-corrected chi connectivity index (χ4v) is 1.77. The maximum Gasteiger partial charge on any atom is 0.128 e. The number of nitrogens with one attached hydrogen (secondary N) is 2. The van der Waals surface area contributed by atoms with Crippen molar-refractivity contribution in [3.8, 4) is 5.75 Å². The second-order valence-corrected chi connectivity index (χ2v) is 3.89. The van der Waals surface area contributed by atoms with Gasteiger partial charge in [0.2, 0.25) is 0 Å². The van der Waals surface area contributed by atoms with Crippen molar-refractivity contribution in [2.45, 2.75) is 6.42 Å². The Morgan fingerprint density at radius 2 is 2.29 bits per heavy atom. The highest BCUT2D eigenvalue weighted by Crippen LogP contribution is 2.24. The lowest BCUT2D eigenvalue weighted by Crippen LogP contribution is -2.17. The number of H-pyrrole nitrogens is 1. The Morgan fingerprint density at radius 3 is 3.18 bits per heavy atom. The van der Waals surface area contributed by atoms with Crippen molar-refractivity contribution in [1.29, 1.82) is 0 Å². The molecule has 0 fully saturated rings. The Hall–Kier alpha value is -1.74. The molecule has 0 aliphatic carbocycles. The van der Waals surface area contributed by atoms with Crippen molar-refractivity contribution < 1.29 is 4.74 Å². The summed E-state index contributed by atoms with van der Waals surface area (Å²) < 4.78 is 5.77. The van der Waals surface area contributed by atoms with Crippen molar-refractivity contribution in [2.24, 2.45) is 0 Å². The number of benzene rings is 1. The van der Waals surface area contributed by atoms with Gasteiger partial charge in [-0.1, -0.05) is 12.1 Å². The average molecular weight is 230 g/mol. The van der Waals surface area contributed by atoms with Gasteiger partial charge in [0.25, 0.3) is 0 Å². The van der Waals surface area contributed by atoms with Crippen molar-refractivity contribution >= 4 is 10.9 Å². The minimum absolute atomic E-state index is 0.731. The normalized spacial score (nSPS) is 10.6. The molecule has 90 valence electrons. The van der Waals surface area contributed by atoms with Gasteiger partial charge in [-0.15, -0.1) is 6.58 Å². The van der Waals surface area contributed by atoms with Crippen LogP contribution in [0.3, 0.4) is 0 Å². The summed E-state index contributed by atoms with van der Waals surface area (Å²) in [5, 5.41) is 4.39. The van der Waals surface area contributed by atoms with Crippen LogP contribution in [-0.4, -0.2) is 24.7 Å². The highest BCUT2D eigenvalue weighted by Gasteiger charge is 2.01. The summed E-state index contributed by atoms with van der Waals surface area (Å²) in [4.78, 5) is 3.17. The van der Waals surface area contributed by atoms with Gasteiger partial charge in [-0.05, 0) is 31.2 Å². The van der Waals surface area contributed by atoms with Crippen LogP contribution in [0.2, 0.25) is 0 Å². The topological polar surface area (TPSA) is 37.0 Å². The minimum Gasteiger partial charge on any atom is -0.493 e. The van der Waals surface area contributed by atoms with E-state index in [4.69, 9.17) is 4.74 Å². The van der Waals surface area contributed by atoms with E-state index >= 15 is 0 Å². The zero-order chi connectivity index (χ0) is 11.9. The van der Waals surface area contributed by atoms with E-state index in [1.807, 2.05) is 36.5 Å². The Kier molecular flexibility index (Phi) is 4.22. The molecule has 2 N–H and O–H groups in total. The van der Waals surface area contributed by atoms with Crippen LogP contribution >= 0.6 is 0 Å². The van der Waals surface area contributed by atoms with Crippen molar-refractivity contribution in [1.82, 2.24) is 10.3 Å². The van der Waals surface area contributed by atoms with Gasteiger partial charge in [-0.2, -0.15) is 0 Å². The van der Waals surface area contributed by atoms with E-state index in [-0.39, 0.29) is 0 Å². The van der Waals surface area contributed by atoms with Crippen LogP contribution in [0.25, 0.3) is 10.9 Å². The number of ether oxygens (including phenoxy) is 1. The van der Waals surface area contributed by atoms with E-state index in [1.54, 1.807) is 0 Å². The fraction of sp³-hybridized carbons (Fsp3) is 0.286. The minimum atomic E-state index is 0.731. The van der Waals surface area contributed by atoms with Crippen molar-refractivity contribution in [3.05, 3.63) is 43.1 Å². The summed E-state index contributed by atoms with van der Waals surface area (Å²) in [5.41, 5.74) is 1.12. The molecule has 0 bridgehead atoms. The predicted molar refractivity (Wildman–Crippen MR) is 71.5 cm³/mol. The van der Waals surface area contributed by atoms with Crippen LogP contribution < -0.4 is 10.1 Å². The molecule has 0 radical (unpaired) electrons. The monoisotopic (exact) mass is 230 g/mol. The number of aromatic amines is 1. The number of hydrogen-bond donors (Lipinski definition) is 2. The molecule has 0 aliphatic heterocycles. The van der Waals surface area contributed by atoms with Gasteiger partial charge >= 0.3 is 0 Å². The molecule has 2 aromatic rings. The van der Waals surface area contributed by atoms with Crippen LogP contribution in [0, 0.1) is 0 Å². The molecular formula is C14H18N2O. The molecule has 0 spiro atoms. The summed E-state index contributed by atoms with van der Waals surface area (Å²) in [6.45, 7) is 6.20. The smallest absolute Gasteiger partial charge is 0.128 e. The van der Waals surface area contributed by atoms with Gasteiger partial charge in [0.15, 0.2) is 0 Å². The van der Waals surface area contributed by atoms with Crippen LogP contribution in [0.1, 0.15) is 6.42 Å². The maximum absolute atomic E-state index is 5.77. The van der Waals surface area contributed by atoms with Gasteiger partial charge in [0.05, 0.1) is 6.61 Å². The molecule has 0 unspecified atom stereocenters. The maximum atomic E-state index is 5.77. The number of aromatic nitrogens is 1. The molecule has 0 saturated carbocycles. The first kappa shape index (κ1) is 11.7. The van der Waals surface area contributed by atoms with E-state index in [0.29, 0.717) is 0 Å². The molecule has 1 aromatic heterocycles. The Labute approximate surface area is 101 Å². The molecule has 2 rings (SSSR count). The van der Waals surface area contributed by atoms with Crippen LogP contribution in [0.5, 0.6) is 5.75 Å². The Balaban J connectivity index is 1.82. The number of hydrogen-bond acceptors (Lipinski definition) is 2. The lowest BCUT2D eigenvalue weighted by Gasteiger charge is -2.07. The van der Waals surface area contributed by atoms with Crippen LogP contribution in [0.4, 0.5) is 0 Å². The van der Waals surface area contributed by atoms with Gasteiger partial charge in [0, 0.05) is 23.6 Å². The second-order valence-electron chi connectivity index (χ2n) is 3.89. The third-order valence-electron chi connectivity index (χ3n) is 2.60. The van der Waals surface area contributed by atoms with Crippen molar-refractivity contribution in [2.75, 3.05) is 19.7 Å². The lowest BCUT2D eigenvalue weighted by molar-refractivity contribution is 0.312. The van der Waals surface area contributed by atoms with Gasteiger partial charge in [0.1, 0.15) is 5.75 Å².